The number of carbonyl (C=O) groups is 2. The van der Waals surface area contributed by atoms with Gasteiger partial charge in [0.05, 0.1) is 12.0 Å². The van der Waals surface area contributed by atoms with Crippen molar-refractivity contribution in [2.24, 2.45) is 11.8 Å². The van der Waals surface area contributed by atoms with Crippen molar-refractivity contribution in [3.8, 4) is 0 Å². The average molecular weight is 391 g/mol. The van der Waals surface area contributed by atoms with Gasteiger partial charge in [0.25, 0.3) is 0 Å². The Balaban J connectivity index is 1.27. The smallest absolute Gasteiger partial charge is 0.226 e. The number of nitrogens with one attached hydrogen (secondary N) is 1. The number of piperidine rings is 1. The van der Waals surface area contributed by atoms with E-state index in [0.717, 1.165) is 45.2 Å². The van der Waals surface area contributed by atoms with E-state index in [9.17, 15) is 14.7 Å². The lowest BCUT2D eigenvalue weighted by Crippen LogP contribution is -2.49. The molecule has 3 aliphatic rings. The molecule has 2 saturated carbocycles. The number of amides is 2. The summed E-state index contributed by atoms with van der Waals surface area (Å²) in [5.41, 5.74) is 0.259. The summed E-state index contributed by atoms with van der Waals surface area (Å²) in [5.74, 6) is 1.31. The molecule has 2 aliphatic carbocycles. The molecule has 2 heterocycles. The van der Waals surface area contributed by atoms with Crippen LogP contribution < -0.4 is 5.32 Å². The molecule has 4 rings (SSSR count). The van der Waals surface area contributed by atoms with E-state index in [1.807, 2.05) is 4.90 Å². The second-order valence-corrected chi connectivity index (χ2v) is 10.1. The molecule has 2 atom stereocenters. The molecule has 148 valence electrons. The normalized spacial score (nSPS) is 27.3. The number of nitrogens with zero attached hydrogens (tertiary/aromatic N) is 1. The highest BCUT2D eigenvalue weighted by atomic mass is 32.1. The van der Waals surface area contributed by atoms with E-state index in [2.05, 4.69) is 22.1 Å². The molecular weight excluding hydrogens is 360 g/mol. The topological polar surface area (TPSA) is 69.6 Å². The minimum Gasteiger partial charge on any atom is -0.390 e. The molecule has 0 radical (unpaired) electrons. The predicted molar refractivity (Wildman–Crippen MR) is 105 cm³/mol. The predicted octanol–water partition coefficient (Wildman–Crippen LogP) is 2.90. The molecular formula is C21H30N2O3S. The van der Waals surface area contributed by atoms with Gasteiger partial charge in [-0.2, -0.15) is 11.3 Å². The summed E-state index contributed by atoms with van der Waals surface area (Å²) in [6, 6.07) is 2.14. The highest BCUT2D eigenvalue weighted by Crippen LogP contribution is 2.50. The molecule has 0 unspecified atom stereocenters. The number of likely N-dealkylation sites (tertiary alicyclic amines) is 1. The van der Waals surface area contributed by atoms with E-state index < -0.39 is 5.60 Å². The van der Waals surface area contributed by atoms with Crippen LogP contribution in [0.4, 0.5) is 0 Å². The second kappa shape index (κ2) is 6.89. The van der Waals surface area contributed by atoms with Crippen molar-refractivity contribution in [2.75, 3.05) is 13.1 Å². The summed E-state index contributed by atoms with van der Waals surface area (Å²) in [7, 11) is 0. The SMILES string of the molecule is CC(C)(O)CC(=O)NC1(C2CCN(C(=O)[C@@H]3C[C@H]3c3ccsc3)CC2)CC1. The molecule has 1 aromatic heterocycles. The third-order valence-electron chi connectivity index (χ3n) is 6.44. The van der Waals surface area contributed by atoms with Crippen LogP contribution >= 0.6 is 11.3 Å². The molecule has 2 amide bonds. The summed E-state index contributed by atoms with van der Waals surface area (Å²) < 4.78 is 0. The fourth-order valence-electron chi connectivity index (χ4n) is 4.69. The number of hydrogen-bond donors (Lipinski definition) is 2. The van der Waals surface area contributed by atoms with Crippen LogP contribution in [0, 0.1) is 11.8 Å². The lowest BCUT2D eigenvalue weighted by atomic mass is 9.86. The van der Waals surface area contributed by atoms with E-state index in [1.165, 1.54) is 5.56 Å². The van der Waals surface area contributed by atoms with Gasteiger partial charge in [-0.15, -0.1) is 0 Å². The van der Waals surface area contributed by atoms with Gasteiger partial charge in [0.1, 0.15) is 0 Å². The summed E-state index contributed by atoms with van der Waals surface area (Å²) in [6.07, 6.45) is 5.09. The molecule has 6 heteroatoms. The van der Waals surface area contributed by atoms with E-state index in [4.69, 9.17) is 0 Å². The largest absolute Gasteiger partial charge is 0.390 e. The van der Waals surface area contributed by atoms with Crippen LogP contribution in [0.25, 0.3) is 0 Å². The zero-order chi connectivity index (χ0) is 19.2. The number of hydrogen-bond acceptors (Lipinski definition) is 4. The van der Waals surface area contributed by atoms with Gasteiger partial charge >= 0.3 is 0 Å². The molecule has 0 spiro atoms. The van der Waals surface area contributed by atoms with Crippen LogP contribution in [-0.2, 0) is 9.59 Å². The van der Waals surface area contributed by atoms with Gasteiger partial charge in [0, 0.05) is 24.5 Å². The number of rotatable bonds is 6. The first-order valence-electron chi connectivity index (χ1n) is 10.1. The van der Waals surface area contributed by atoms with Crippen molar-refractivity contribution in [2.45, 2.75) is 69.4 Å². The van der Waals surface area contributed by atoms with Gasteiger partial charge in [-0.25, -0.2) is 0 Å². The van der Waals surface area contributed by atoms with Gasteiger partial charge in [-0.1, -0.05) is 0 Å². The maximum Gasteiger partial charge on any atom is 0.226 e. The third-order valence-corrected chi connectivity index (χ3v) is 7.14. The van der Waals surface area contributed by atoms with Crippen LogP contribution in [0.5, 0.6) is 0 Å². The number of aliphatic hydroxyl groups is 1. The maximum atomic E-state index is 12.8. The molecule has 27 heavy (non-hydrogen) atoms. The Hall–Kier alpha value is -1.40. The zero-order valence-electron chi connectivity index (χ0n) is 16.2. The Bertz CT molecular complexity index is 698. The minimum absolute atomic E-state index is 0.0601. The highest BCUT2D eigenvalue weighted by molar-refractivity contribution is 7.08. The first-order valence-corrected chi connectivity index (χ1v) is 11.1. The first kappa shape index (κ1) is 18.9. The summed E-state index contributed by atoms with van der Waals surface area (Å²) >= 11 is 1.70. The summed E-state index contributed by atoms with van der Waals surface area (Å²) in [5, 5.41) is 17.3. The maximum absolute atomic E-state index is 12.8. The van der Waals surface area contributed by atoms with E-state index in [-0.39, 0.29) is 23.8 Å². The Morgan fingerprint density at radius 1 is 1.33 bits per heavy atom. The molecule has 3 fully saturated rings. The van der Waals surface area contributed by atoms with Crippen molar-refractivity contribution in [1.29, 1.82) is 0 Å². The van der Waals surface area contributed by atoms with Crippen LogP contribution in [-0.4, -0.2) is 46.1 Å². The van der Waals surface area contributed by atoms with Gasteiger partial charge in [-0.3, -0.25) is 9.59 Å². The molecule has 1 saturated heterocycles. The van der Waals surface area contributed by atoms with E-state index in [1.54, 1.807) is 25.2 Å². The number of carbonyl (C=O) groups excluding carboxylic acids is 2. The fraction of sp³-hybridized carbons (Fsp3) is 0.714. The molecule has 1 aromatic rings. The molecule has 0 aromatic carbocycles. The van der Waals surface area contributed by atoms with E-state index in [0.29, 0.717) is 17.7 Å². The summed E-state index contributed by atoms with van der Waals surface area (Å²) in [6.45, 7) is 4.94. The molecule has 5 nitrogen and oxygen atoms in total. The van der Waals surface area contributed by atoms with Crippen molar-refractivity contribution < 1.29 is 14.7 Å². The van der Waals surface area contributed by atoms with Crippen LogP contribution in [0.15, 0.2) is 16.8 Å². The second-order valence-electron chi connectivity index (χ2n) is 9.30. The van der Waals surface area contributed by atoms with Crippen molar-refractivity contribution >= 4 is 23.2 Å². The lowest BCUT2D eigenvalue weighted by Gasteiger charge is -2.37. The Kier molecular flexibility index (Phi) is 4.83. The summed E-state index contributed by atoms with van der Waals surface area (Å²) in [4.78, 5) is 27.1. The zero-order valence-corrected chi connectivity index (χ0v) is 17.1. The van der Waals surface area contributed by atoms with Gasteiger partial charge in [0.15, 0.2) is 0 Å². The van der Waals surface area contributed by atoms with Gasteiger partial charge in [0.2, 0.25) is 11.8 Å². The average Bonchev–Trinajstić information content (AvgIpc) is 3.51. The molecule has 2 N–H and O–H groups in total. The minimum atomic E-state index is -0.973. The Morgan fingerprint density at radius 3 is 2.59 bits per heavy atom. The van der Waals surface area contributed by atoms with Crippen molar-refractivity contribution in [1.82, 2.24) is 10.2 Å². The first-order chi connectivity index (χ1) is 12.8. The Labute approximate surface area is 165 Å². The molecule has 0 bridgehead atoms. The van der Waals surface area contributed by atoms with Crippen molar-refractivity contribution in [3.63, 3.8) is 0 Å². The van der Waals surface area contributed by atoms with Crippen LogP contribution in [0.3, 0.4) is 0 Å². The standard InChI is InChI=1S/C21H30N2O3S/c1-20(2,26)12-18(24)22-21(6-7-21)15-3-8-23(9-4-15)19(25)17-11-16(17)14-5-10-27-13-14/h5,10,13,15-17,26H,3-4,6-9,11-12H2,1-2H3,(H,22,24)/t16-,17+/m0/s1. The quantitative estimate of drug-likeness (QED) is 0.785. The van der Waals surface area contributed by atoms with Crippen LogP contribution in [0.1, 0.15) is 63.9 Å². The van der Waals surface area contributed by atoms with Gasteiger partial charge < -0.3 is 15.3 Å². The molecule has 1 aliphatic heterocycles. The van der Waals surface area contributed by atoms with Crippen LogP contribution in [0.2, 0.25) is 0 Å². The number of thiophene rings is 1. The Morgan fingerprint density at radius 2 is 2.04 bits per heavy atom. The third kappa shape index (κ3) is 4.21. The van der Waals surface area contributed by atoms with Crippen molar-refractivity contribution in [3.05, 3.63) is 22.4 Å². The van der Waals surface area contributed by atoms with E-state index >= 15 is 0 Å². The van der Waals surface area contributed by atoms with Gasteiger partial charge in [-0.05, 0) is 80.2 Å². The lowest BCUT2D eigenvalue weighted by molar-refractivity contribution is -0.135. The monoisotopic (exact) mass is 390 g/mol. The fourth-order valence-corrected chi connectivity index (χ4v) is 5.42. The highest BCUT2D eigenvalue weighted by Gasteiger charge is 2.52.